The van der Waals surface area contributed by atoms with Gasteiger partial charge in [0.2, 0.25) is 15.9 Å². The number of aryl methyl sites for hydroxylation is 1. The third-order valence-corrected chi connectivity index (χ3v) is 10.2. The van der Waals surface area contributed by atoms with Crippen LogP contribution in [0.2, 0.25) is 0 Å². The number of morpholine rings is 1. The zero-order valence-corrected chi connectivity index (χ0v) is 23.1. The van der Waals surface area contributed by atoms with Gasteiger partial charge in [-0.25, -0.2) is 17.8 Å². The maximum Gasteiger partial charge on any atom is 0.243 e. The van der Waals surface area contributed by atoms with Crippen molar-refractivity contribution in [1.29, 1.82) is 0 Å². The number of hydrogen-bond donors (Lipinski definition) is 0. The SMILES string of the molecule is Cc1ccc(S(=O)(=O)N2CCC(C(=O)N(CCCN3CCOCC3)c3nc4c(F)cccc4s3)CC2)cc1. The Morgan fingerprint density at radius 3 is 2.50 bits per heavy atom. The number of rotatable bonds is 8. The number of hydrogen-bond acceptors (Lipinski definition) is 7. The van der Waals surface area contributed by atoms with E-state index in [4.69, 9.17) is 4.74 Å². The molecule has 2 aliphatic heterocycles. The molecule has 0 saturated carbocycles. The second-order valence-electron chi connectivity index (χ2n) is 9.87. The maximum atomic E-state index is 14.4. The molecule has 0 atom stereocenters. The third kappa shape index (κ3) is 5.91. The van der Waals surface area contributed by atoms with E-state index in [0.717, 1.165) is 31.6 Å². The number of carbonyl (C=O) groups is 1. The van der Waals surface area contributed by atoms with Gasteiger partial charge in [-0.15, -0.1) is 0 Å². The van der Waals surface area contributed by atoms with E-state index in [-0.39, 0.29) is 35.3 Å². The molecule has 0 spiro atoms. The molecule has 3 heterocycles. The number of benzene rings is 2. The van der Waals surface area contributed by atoms with Gasteiger partial charge in [0.1, 0.15) is 11.3 Å². The Hall–Kier alpha value is -2.44. The van der Waals surface area contributed by atoms with Crippen molar-refractivity contribution < 1.29 is 22.3 Å². The fourth-order valence-electron chi connectivity index (χ4n) is 5.02. The van der Waals surface area contributed by atoms with Crippen molar-refractivity contribution in [2.24, 2.45) is 5.92 Å². The lowest BCUT2D eigenvalue weighted by Gasteiger charge is -2.33. The second kappa shape index (κ2) is 11.7. The topological polar surface area (TPSA) is 83.1 Å². The van der Waals surface area contributed by atoms with Crippen LogP contribution >= 0.6 is 11.3 Å². The van der Waals surface area contributed by atoms with Crippen molar-refractivity contribution in [1.82, 2.24) is 14.2 Å². The number of para-hydroxylation sites is 1. The molecule has 2 fully saturated rings. The smallest absolute Gasteiger partial charge is 0.243 e. The van der Waals surface area contributed by atoms with Gasteiger partial charge in [-0.2, -0.15) is 4.31 Å². The summed E-state index contributed by atoms with van der Waals surface area (Å²) in [5.74, 6) is -0.793. The summed E-state index contributed by atoms with van der Waals surface area (Å²) in [7, 11) is -3.61. The van der Waals surface area contributed by atoms with Crippen LogP contribution in [0, 0.1) is 18.7 Å². The number of sulfonamides is 1. The Labute approximate surface area is 227 Å². The minimum absolute atomic E-state index is 0.0705. The molecule has 11 heteroatoms. The van der Waals surface area contributed by atoms with Gasteiger partial charge in [-0.05, 0) is 50.5 Å². The van der Waals surface area contributed by atoms with E-state index in [1.165, 1.54) is 21.7 Å². The van der Waals surface area contributed by atoms with Gasteiger partial charge < -0.3 is 4.74 Å². The molecule has 0 N–H and O–H groups in total. The number of carbonyl (C=O) groups excluding carboxylic acids is 1. The molecular formula is C27H33FN4O4S2. The number of fused-ring (bicyclic) bond motifs is 1. The highest BCUT2D eigenvalue weighted by molar-refractivity contribution is 7.89. The minimum Gasteiger partial charge on any atom is -0.379 e. The van der Waals surface area contributed by atoms with E-state index in [1.54, 1.807) is 35.2 Å². The van der Waals surface area contributed by atoms with Gasteiger partial charge in [0, 0.05) is 45.2 Å². The van der Waals surface area contributed by atoms with Gasteiger partial charge >= 0.3 is 0 Å². The lowest BCUT2D eigenvalue weighted by atomic mass is 9.96. The van der Waals surface area contributed by atoms with Crippen molar-refractivity contribution in [3.8, 4) is 0 Å². The molecule has 5 rings (SSSR count). The first kappa shape index (κ1) is 27.1. The predicted octanol–water partition coefficient (Wildman–Crippen LogP) is 3.90. The zero-order chi connectivity index (χ0) is 26.7. The first-order chi connectivity index (χ1) is 18.3. The number of piperidine rings is 1. The van der Waals surface area contributed by atoms with Crippen molar-refractivity contribution in [3.05, 3.63) is 53.8 Å². The Morgan fingerprint density at radius 1 is 1.11 bits per heavy atom. The highest BCUT2D eigenvalue weighted by Gasteiger charge is 2.35. The Kier molecular flexibility index (Phi) is 8.39. The van der Waals surface area contributed by atoms with Crippen LogP contribution in [-0.2, 0) is 19.6 Å². The molecule has 2 saturated heterocycles. The first-order valence-electron chi connectivity index (χ1n) is 13.1. The highest BCUT2D eigenvalue weighted by Crippen LogP contribution is 2.33. The number of aromatic nitrogens is 1. The minimum atomic E-state index is -3.61. The standard InChI is InChI=1S/C27H33FN4O4S2/c1-20-6-8-22(9-7-20)38(34,35)31-14-10-21(11-15-31)26(33)32(13-3-12-30-16-18-36-19-17-30)27-29-25-23(28)4-2-5-24(25)37-27/h2,4-9,21H,3,10-19H2,1H3. The van der Waals surface area contributed by atoms with Gasteiger partial charge in [-0.3, -0.25) is 14.6 Å². The fourth-order valence-corrected chi connectivity index (χ4v) is 7.50. The number of nitrogens with zero attached hydrogens (tertiary/aromatic N) is 4. The molecule has 0 bridgehead atoms. The molecule has 0 radical (unpaired) electrons. The summed E-state index contributed by atoms with van der Waals surface area (Å²) < 4.78 is 48.2. The summed E-state index contributed by atoms with van der Waals surface area (Å²) in [5.41, 5.74) is 1.27. The van der Waals surface area contributed by atoms with Gasteiger partial charge in [0.15, 0.2) is 5.13 Å². The van der Waals surface area contributed by atoms with Crippen LogP contribution < -0.4 is 4.90 Å². The Bertz CT molecular complexity index is 1370. The molecule has 8 nitrogen and oxygen atoms in total. The fraction of sp³-hybridized carbons (Fsp3) is 0.481. The number of halogens is 1. The normalized spacial score (nSPS) is 18.2. The second-order valence-corrected chi connectivity index (χ2v) is 12.8. The quantitative estimate of drug-likeness (QED) is 0.416. The van der Waals surface area contributed by atoms with Crippen LogP contribution in [-0.4, -0.2) is 81.0 Å². The molecular weight excluding hydrogens is 527 g/mol. The van der Waals surface area contributed by atoms with Crippen molar-refractivity contribution in [2.75, 3.05) is 57.4 Å². The van der Waals surface area contributed by atoms with Crippen LogP contribution in [0.4, 0.5) is 9.52 Å². The summed E-state index contributed by atoms with van der Waals surface area (Å²) in [5, 5.41) is 0.492. The van der Waals surface area contributed by atoms with E-state index < -0.39 is 15.8 Å². The summed E-state index contributed by atoms with van der Waals surface area (Å²) in [4.78, 5) is 22.6. The zero-order valence-electron chi connectivity index (χ0n) is 21.5. The van der Waals surface area contributed by atoms with Gasteiger partial charge in [0.25, 0.3) is 0 Å². The number of ether oxygens (including phenoxy) is 1. The van der Waals surface area contributed by atoms with Crippen molar-refractivity contribution in [3.63, 3.8) is 0 Å². The molecule has 3 aromatic rings. The summed E-state index contributed by atoms with van der Waals surface area (Å²) in [6, 6.07) is 11.7. The molecule has 0 aliphatic carbocycles. The van der Waals surface area contributed by atoms with Crippen LogP contribution in [0.15, 0.2) is 47.4 Å². The number of amides is 1. The summed E-state index contributed by atoms with van der Waals surface area (Å²) in [6.45, 7) is 6.95. The summed E-state index contributed by atoms with van der Waals surface area (Å²) >= 11 is 1.32. The molecule has 204 valence electrons. The molecule has 2 aromatic carbocycles. The van der Waals surface area contributed by atoms with E-state index in [0.29, 0.717) is 42.4 Å². The van der Waals surface area contributed by atoms with Crippen LogP contribution in [0.5, 0.6) is 0 Å². The number of thiazole rings is 1. The molecule has 1 aromatic heterocycles. The lowest BCUT2D eigenvalue weighted by molar-refractivity contribution is -0.123. The molecule has 2 aliphatic rings. The largest absolute Gasteiger partial charge is 0.379 e. The molecule has 38 heavy (non-hydrogen) atoms. The van der Waals surface area contributed by atoms with Crippen LogP contribution in [0.3, 0.4) is 0 Å². The van der Waals surface area contributed by atoms with E-state index in [9.17, 15) is 17.6 Å². The van der Waals surface area contributed by atoms with Crippen molar-refractivity contribution in [2.45, 2.75) is 31.1 Å². The Morgan fingerprint density at radius 2 is 1.82 bits per heavy atom. The number of anilines is 1. The van der Waals surface area contributed by atoms with Gasteiger partial charge in [-0.1, -0.05) is 35.1 Å². The molecule has 0 unspecified atom stereocenters. The van der Waals surface area contributed by atoms with E-state index in [1.807, 2.05) is 13.0 Å². The monoisotopic (exact) mass is 560 g/mol. The average Bonchev–Trinajstić information content (AvgIpc) is 3.37. The van der Waals surface area contributed by atoms with E-state index >= 15 is 0 Å². The first-order valence-corrected chi connectivity index (χ1v) is 15.3. The van der Waals surface area contributed by atoms with Crippen LogP contribution in [0.1, 0.15) is 24.8 Å². The maximum absolute atomic E-state index is 14.4. The van der Waals surface area contributed by atoms with Crippen LogP contribution in [0.25, 0.3) is 10.2 Å². The van der Waals surface area contributed by atoms with Gasteiger partial charge in [0.05, 0.1) is 22.8 Å². The summed E-state index contributed by atoms with van der Waals surface area (Å²) in [6.07, 6.45) is 1.62. The highest BCUT2D eigenvalue weighted by atomic mass is 32.2. The predicted molar refractivity (Wildman–Crippen MR) is 146 cm³/mol. The van der Waals surface area contributed by atoms with Crippen molar-refractivity contribution >= 4 is 42.6 Å². The third-order valence-electron chi connectivity index (χ3n) is 7.28. The average molecular weight is 561 g/mol. The van der Waals surface area contributed by atoms with E-state index in [2.05, 4.69) is 9.88 Å². The lowest BCUT2D eigenvalue weighted by Crippen LogP contribution is -2.45. The molecule has 1 amide bonds. The Balaban J connectivity index is 1.29.